The SMILES string of the molecule is CCN(CC(=O)NC(=O)Nc1ccc2c(c1)OCCO2)Cc1ccccc1. The average Bonchev–Trinajstić information content (AvgIpc) is 2.68. The lowest BCUT2D eigenvalue weighted by Crippen LogP contribution is -2.41. The van der Waals surface area contributed by atoms with Gasteiger partial charge in [0.2, 0.25) is 5.91 Å². The van der Waals surface area contributed by atoms with Crippen LogP contribution in [0.15, 0.2) is 48.5 Å². The maximum atomic E-state index is 12.2. The molecule has 2 N–H and O–H groups in total. The predicted octanol–water partition coefficient (Wildman–Crippen LogP) is 2.63. The molecule has 7 heteroatoms. The maximum absolute atomic E-state index is 12.2. The van der Waals surface area contributed by atoms with Gasteiger partial charge in [-0.25, -0.2) is 4.79 Å². The van der Waals surface area contributed by atoms with Crippen molar-refractivity contribution in [1.29, 1.82) is 0 Å². The van der Waals surface area contributed by atoms with Crippen molar-refractivity contribution in [3.63, 3.8) is 0 Å². The minimum Gasteiger partial charge on any atom is -0.486 e. The molecule has 0 saturated heterocycles. The number of carbonyl (C=O) groups is 2. The zero-order valence-electron chi connectivity index (χ0n) is 15.2. The lowest BCUT2D eigenvalue weighted by Gasteiger charge is -2.20. The van der Waals surface area contributed by atoms with Crippen molar-refractivity contribution in [2.45, 2.75) is 13.5 Å². The molecule has 0 spiro atoms. The lowest BCUT2D eigenvalue weighted by atomic mass is 10.2. The number of nitrogens with one attached hydrogen (secondary N) is 2. The molecule has 0 radical (unpaired) electrons. The van der Waals surface area contributed by atoms with Gasteiger partial charge in [0.05, 0.1) is 6.54 Å². The summed E-state index contributed by atoms with van der Waals surface area (Å²) in [6, 6.07) is 14.4. The van der Waals surface area contributed by atoms with Gasteiger partial charge in [-0.2, -0.15) is 0 Å². The minimum atomic E-state index is -0.576. The summed E-state index contributed by atoms with van der Waals surface area (Å²) in [5.74, 6) is 0.857. The summed E-state index contributed by atoms with van der Waals surface area (Å²) < 4.78 is 10.9. The zero-order valence-corrected chi connectivity index (χ0v) is 15.2. The van der Waals surface area contributed by atoms with Crippen LogP contribution in [0.4, 0.5) is 10.5 Å². The van der Waals surface area contributed by atoms with E-state index < -0.39 is 6.03 Å². The van der Waals surface area contributed by atoms with Gasteiger partial charge in [-0.3, -0.25) is 15.0 Å². The molecule has 0 unspecified atom stereocenters. The summed E-state index contributed by atoms with van der Waals surface area (Å²) >= 11 is 0. The van der Waals surface area contributed by atoms with Crippen LogP contribution in [0.5, 0.6) is 11.5 Å². The first-order chi connectivity index (χ1) is 13.1. The van der Waals surface area contributed by atoms with E-state index in [4.69, 9.17) is 9.47 Å². The molecule has 3 amide bonds. The molecular weight excluding hydrogens is 346 g/mol. The number of benzene rings is 2. The van der Waals surface area contributed by atoms with Crippen molar-refractivity contribution in [2.75, 3.05) is 31.6 Å². The van der Waals surface area contributed by atoms with Crippen LogP contribution in [0.2, 0.25) is 0 Å². The van der Waals surface area contributed by atoms with Crippen LogP contribution in [-0.4, -0.2) is 43.1 Å². The molecule has 0 aliphatic carbocycles. The molecule has 1 aliphatic heterocycles. The van der Waals surface area contributed by atoms with E-state index in [0.717, 1.165) is 5.56 Å². The number of hydrogen-bond donors (Lipinski definition) is 2. The number of fused-ring (bicyclic) bond motifs is 1. The molecule has 1 heterocycles. The summed E-state index contributed by atoms with van der Waals surface area (Å²) in [6.45, 7) is 4.44. The monoisotopic (exact) mass is 369 g/mol. The molecule has 0 bridgehead atoms. The summed E-state index contributed by atoms with van der Waals surface area (Å²) in [6.07, 6.45) is 0. The van der Waals surface area contributed by atoms with Crippen molar-refractivity contribution in [1.82, 2.24) is 10.2 Å². The standard InChI is InChI=1S/C20H23N3O4/c1-2-23(13-15-6-4-3-5-7-15)14-19(24)22-20(25)21-16-8-9-17-18(12-16)27-11-10-26-17/h3-9,12H,2,10-11,13-14H2,1H3,(H2,21,22,24,25). The number of carbonyl (C=O) groups excluding carboxylic acids is 2. The smallest absolute Gasteiger partial charge is 0.325 e. The molecule has 7 nitrogen and oxygen atoms in total. The van der Waals surface area contributed by atoms with E-state index in [1.165, 1.54) is 0 Å². The molecule has 2 aromatic carbocycles. The number of amides is 3. The first-order valence-electron chi connectivity index (χ1n) is 8.91. The number of hydrogen-bond acceptors (Lipinski definition) is 5. The molecule has 0 fully saturated rings. The summed E-state index contributed by atoms with van der Waals surface area (Å²) in [4.78, 5) is 26.2. The Balaban J connectivity index is 1.50. The van der Waals surface area contributed by atoms with Gasteiger partial charge in [0, 0.05) is 18.3 Å². The third kappa shape index (κ3) is 5.46. The fourth-order valence-electron chi connectivity index (χ4n) is 2.77. The molecule has 2 aromatic rings. The maximum Gasteiger partial charge on any atom is 0.325 e. The molecule has 27 heavy (non-hydrogen) atoms. The molecule has 0 aromatic heterocycles. The van der Waals surface area contributed by atoms with E-state index in [2.05, 4.69) is 10.6 Å². The number of anilines is 1. The van der Waals surface area contributed by atoms with Crippen molar-refractivity contribution < 1.29 is 19.1 Å². The largest absolute Gasteiger partial charge is 0.486 e. The highest BCUT2D eigenvalue weighted by molar-refractivity contribution is 6.01. The van der Waals surface area contributed by atoms with Crippen molar-refractivity contribution in [3.8, 4) is 11.5 Å². The van der Waals surface area contributed by atoms with Gasteiger partial charge >= 0.3 is 6.03 Å². The van der Waals surface area contributed by atoms with E-state index in [1.54, 1.807) is 18.2 Å². The molecular formula is C20H23N3O4. The van der Waals surface area contributed by atoms with Gasteiger partial charge in [0.25, 0.3) is 0 Å². The van der Waals surface area contributed by atoms with E-state index in [-0.39, 0.29) is 12.5 Å². The molecule has 0 saturated carbocycles. The Morgan fingerprint density at radius 1 is 1.04 bits per heavy atom. The summed E-state index contributed by atoms with van der Waals surface area (Å²) in [7, 11) is 0. The second kappa shape index (κ2) is 9.05. The highest BCUT2D eigenvalue weighted by atomic mass is 16.6. The number of ether oxygens (including phenoxy) is 2. The topological polar surface area (TPSA) is 79.9 Å². The number of rotatable bonds is 6. The van der Waals surface area contributed by atoms with Crippen LogP contribution < -0.4 is 20.1 Å². The fourth-order valence-corrected chi connectivity index (χ4v) is 2.77. The fraction of sp³-hybridized carbons (Fsp3) is 0.300. The van der Waals surface area contributed by atoms with E-state index in [1.807, 2.05) is 42.2 Å². The normalized spacial score (nSPS) is 12.5. The molecule has 1 aliphatic rings. The van der Waals surface area contributed by atoms with E-state index in [9.17, 15) is 9.59 Å². The van der Waals surface area contributed by atoms with Crippen LogP contribution in [0.25, 0.3) is 0 Å². The van der Waals surface area contributed by atoms with E-state index >= 15 is 0 Å². The van der Waals surface area contributed by atoms with Gasteiger partial charge in [-0.15, -0.1) is 0 Å². The predicted molar refractivity (Wildman–Crippen MR) is 102 cm³/mol. The molecule has 142 valence electrons. The lowest BCUT2D eigenvalue weighted by molar-refractivity contribution is -0.121. The quantitative estimate of drug-likeness (QED) is 0.818. The third-order valence-corrected chi connectivity index (χ3v) is 4.12. The van der Waals surface area contributed by atoms with Crippen LogP contribution in [0, 0.1) is 0 Å². The zero-order chi connectivity index (χ0) is 19.1. The van der Waals surface area contributed by atoms with Gasteiger partial charge in [0.15, 0.2) is 11.5 Å². The Labute approximate surface area is 158 Å². The van der Waals surface area contributed by atoms with Gasteiger partial charge in [-0.1, -0.05) is 37.3 Å². The number of likely N-dealkylation sites (N-methyl/N-ethyl adjacent to an activating group) is 1. The first-order valence-corrected chi connectivity index (χ1v) is 8.91. The summed E-state index contributed by atoms with van der Waals surface area (Å²) in [5.41, 5.74) is 1.65. The average molecular weight is 369 g/mol. The highest BCUT2D eigenvalue weighted by Crippen LogP contribution is 2.32. The Bertz CT molecular complexity index is 795. The van der Waals surface area contributed by atoms with Crippen LogP contribution >= 0.6 is 0 Å². The Morgan fingerprint density at radius 2 is 1.78 bits per heavy atom. The van der Waals surface area contributed by atoms with Gasteiger partial charge in [-0.05, 0) is 24.2 Å². The first kappa shape index (κ1) is 18.7. The van der Waals surface area contributed by atoms with Crippen LogP contribution in [-0.2, 0) is 11.3 Å². The van der Waals surface area contributed by atoms with E-state index in [0.29, 0.717) is 43.5 Å². The second-order valence-corrected chi connectivity index (χ2v) is 6.15. The minimum absolute atomic E-state index is 0.139. The van der Waals surface area contributed by atoms with Crippen molar-refractivity contribution in [2.24, 2.45) is 0 Å². The second-order valence-electron chi connectivity index (χ2n) is 6.15. The van der Waals surface area contributed by atoms with Crippen molar-refractivity contribution in [3.05, 3.63) is 54.1 Å². The van der Waals surface area contributed by atoms with Gasteiger partial charge in [0.1, 0.15) is 13.2 Å². The number of imide groups is 1. The van der Waals surface area contributed by atoms with Gasteiger partial charge < -0.3 is 14.8 Å². The van der Waals surface area contributed by atoms with Crippen molar-refractivity contribution >= 4 is 17.6 Å². The molecule has 0 atom stereocenters. The Hall–Kier alpha value is -3.06. The number of nitrogens with zero attached hydrogens (tertiary/aromatic N) is 1. The van der Waals surface area contributed by atoms with Crippen LogP contribution in [0.3, 0.4) is 0 Å². The Kier molecular flexibility index (Phi) is 6.27. The number of urea groups is 1. The molecule has 3 rings (SSSR count). The van der Waals surface area contributed by atoms with Crippen LogP contribution in [0.1, 0.15) is 12.5 Å². The highest BCUT2D eigenvalue weighted by Gasteiger charge is 2.15. The summed E-state index contributed by atoms with van der Waals surface area (Å²) in [5, 5.41) is 5.00. The Morgan fingerprint density at radius 3 is 2.52 bits per heavy atom. The third-order valence-electron chi connectivity index (χ3n) is 4.12.